The Hall–Kier alpha value is -0.830. The summed E-state index contributed by atoms with van der Waals surface area (Å²) in [5, 5.41) is 3.12. The maximum atomic E-state index is 11.9. The van der Waals surface area contributed by atoms with E-state index in [1.165, 1.54) is 19.3 Å². The van der Waals surface area contributed by atoms with Crippen LogP contribution in [-0.2, 0) is 4.79 Å². The van der Waals surface area contributed by atoms with Crippen LogP contribution in [0.3, 0.4) is 0 Å². The van der Waals surface area contributed by atoms with Crippen LogP contribution in [0.2, 0.25) is 0 Å². The Labute approximate surface area is 105 Å². The number of carbonyl (C=O) groups is 1. The van der Waals surface area contributed by atoms with Crippen LogP contribution in [0.25, 0.3) is 0 Å². The van der Waals surface area contributed by atoms with Crippen LogP contribution in [0.15, 0.2) is 12.7 Å². The van der Waals surface area contributed by atoms with E-state index in [0.29, 0.717) is 24.3 Å². The number of amides is 1. The molecule has 0 heterocycles. The Kier molecular flexibility index (Phi) is 5.69. The van der Waals surface area contributed by atoms with E-state index >= 15 is 0 Å². The summed E-state index contributed by atoms with van der Waals surface area (Å²) >= 11 is 0. The van der Waals surface area contributed by atoms with E-state index in [2.05, 4.69) is 25.7 Å². The highest BCUT2D eigenvalue weighted by atomic mass is 16.2. The molecule has 0 bridgehead atoms. The highest BCUT2D eigenvalue weighted by molar-refractivity contribution is 5.81. The van der Waals surface area contributed by atoms with E-state index in [-0.39, 0.29) is 5.91 Å². The van der Waals surface area contributed by atoms with Crippen LogP contribution in [0.4, 0.5) is 0 Å². The van der Waals surface area contributed by atoms with Gasteiger partial charge in [-0.2, -0.15) is 0 Å². The second-order valence-electron chi connectivity index (χ2n) is 5.44. The Morgan fingerprint density at radius 2 is 2.12 bits per heavy atom. The van der Waals surface area contributed by atoms with Crippen LogP contribution in [0.5, 0.6) is 0 Å². The molecule has 0 spiro atoms. The van der Waals surface area contributed by atoms with Gasteiger partial charge in [-0.3, -0.25) is 4.79 Å². The lowest BCUT2D eigenvalue weighted by Gasteiger charge is -2.35. The van der Waals surface area contributed by atoms with E-state index in [4.69, 9.17) is 5.73 Å². The summed E-state index contributed by atoms with van der Waals surface area (Å²) in [6, 6.07) is -0.130. The molecule has 0 aromatic rings. The van der Waals surface area contributed by atoms with Crippen molar-refractivity contribution in [2.24, 2.45) is 17.6 Å². The fraction of sp³-hybridized carbons (Fsp3) is 0.786. The molecule has 1 rings (SSSR count). The first-order valence-corrected chi connectivity index (χ1v) is 6.73. The third-order valence-corrected chi connectivity index (χ3v) is 3.76. The largest absolute Gasteiger partial charge is 0.352 e. The molecule has 1 saturated carbocycles. The minimum Gasteiger partial charge on any atom is -0.352 e. The predicted octanol–water partition coefficient (Wildman–Crippen LogP) is 2.22. The van der Waals surface area contributed by atoms with Gasteiger partial charge in [-0.1, -0.05) is 32.8 Å². The second-order valence-corrected chi connectivity index (χ2v) is 5.44. The van der Waals surface area contributed by atoms with Crippen LogP contribution < -0.4 is 11.1 Å². The molecule has 0 radical (unpaired) electrons. The van der Waals surface area contributed by atoms with Gasteiger partial charge in [0.15, 0.2) is 0 Å². The van der Waals surface area contributed by atoms with Crippen molar-refractivity contribution >= 4 is 5.91 Å². The standard InChI is InChI=1S/C14H26N2O/c1-4-7-12(15)14(17)16-13-9-6-5-8-11(13)10(2)3/h4,10-13H,1,5-9,15H2,2-3H3,(H,16,17). The first-order valence-electron chi connectivity index (χ1n) is 6.73. The van der Waals surface area contributed by atoms with Gasteiger partial charge >= 0.3 is 0 Å². The number of hydrogen-bond donors (Lipinski definition) is 2. The van der Waals surface area contributed by atoms with Crippen molar-refractivity contribution in [1.82, 2.24) is 5.32 Å². The Bertz CT molecular complexity index is 263. The van der Waals surface area contributed by atoms with Crippen molar-refractivity contribution < 1.29 is 4.79 Å². The van der Waals surface area contributed by atoms with Gasteiger partial charge in [0.25, 0.3) is 0 Å². The number of carbonyl (C=O) groups excluding carboxylic acids is 1. The summed E-state index contributed by atoms with van der Waals surface area (Å²) < 4.78 is 0. The molecule has 3 N–H and O–H groups in total. The lowest BCUT2D eigenvalue weighted by Crippen LogP contribution is -2.49. The third-order valence-electron chi connectivity index (χ3n) is 3.76. The van der Waals surface area contributed by atoms with Gasteiger partial charge in [0, 0.05) is 6.04 Å². The van der Waals surface area contributed by atoms with E-state index in [9.17, 15) is 4.79 Å². The SMILES string of the molecule is C=CCC(N)C(=O)NC1CCCCC1C(C)C. The zero-order chi connectivity index (χ0) is 12.8. The molecule has 1 amide bonds. The second kappa shape index (κ2) is 6.80. The molecule has 3 atom stereocenters. The summed E-state index contributed by atoms with van der Waals surface area (Å²) in [7, 11) is 0. The first kappa shape index (κ1) is 14.2. The lowest BCUT2D eigenvalue weighted by atomic mass is 9.78. The molecule has 1 aliphatic carbocycles. The molecule has 0 aromatic heterocycles. The molecule has 3 heteroatoms. The summed E-state index contributed by atoms with van der Waals surface area (Å²) in [6.45, 7) is 8.08. The van der Waals surface area contributed by atoms with E-state index in [0.717, 1.165) is 6.42 Å². The topological polar surface area (TPSA) is 55.1 Å². The lowest BCUT2D eigenvalue weighted by molar-refractivity contribution is -0.123. The number of hydrogen-bond acceptors (Lipinski definition) is 2. The monoisotopic (exact) mass is 238 g/mol. The van der Waals surface area contributed by atoms with Crippen molar-refractivity contribution in [3.8, 4) is 0 Å². The van der Waals surface area contributed by atoms with Crippen LogP contribution in [0, 0.1) is 11.8 Å². The maximum absolute atomic E-state index is 11.9. The molecule has 0 saturated heterocycles. The van der Waals surface area contributed by atoms with E-state index in [1.807, 2.05) is 0 Å². The quantitative estimate of drug-likeness (QED) is 0.722. The Morgan fingerprint density at radius 1 is 1.47 bits per heavy atom. The molecule has 98 valence electrons. The van der Waals surface area contributed by atoms with Crippen molar-refractivity contribution in [3.63, 3.8) is 0 Å². The van der Waals surface area contributed by atoms with Gasteiger partial charge < -0.3 is 11.1 Å². The summed E-state index contributed by atoms with van der Waals surface area (Å²) in [5.74, 6) is 1.20. The number of nitrogens with one attached hydrogen (secondary N) is 1. The van der Waals surface area contributed by atoms with E-state index < -0.39 is 6.04 Å². The summed E-state index contributed by atoms with van der Waals surface area (Å²) in [5.41, 5.74) is 5.78. The third kappa shape index (κ3) is 4.15. The fourth-order valence-corrected chi connectivity index (χ4v) is 2.71. The summed E-state index contributed by atoms with van der Waals surface area (Å²) in [4.78, 5) is 11.9. The zero-order valence-corrected chi connectivity index (χ0v) is 11.1. The fourth-order valence-electron chi connectivity index (χ4n) is 2.71. The van der Waals surface area contributed by atoms with Gasteiger partial charge in [0.1, 0.15) is 0 Å². The average Bonchev–Trinajstić information content (AvgIpc) is 2.29. The highest BCUT2D eigenvalue weighted by Gasteiger charge is 2.29. The normalized spacial score (nSPS) is 26.6. The van der Waals surface area contributed by atoms with Crippen molar-refractivity contribution in [1.29, 1.82) is 0 Å². The van der Waals surface area contributed by atoms with Gasteiger partial charge in [-0.15, -0.1) is 6.58 Å². The van der Waals surface area contributed by atoms with Gasteiger partial charge in [0.2, 0.25) is 5.91 Å². The van der Waals surface area contributed by atoms with Crippen molar-refractivity contribution in [2.75, 3.05) is 0 Å². The predicted molar refractivity (Wildman–Crippen MR) is 71.5 cm³/mol. The Morgan fingerprint density at radius 3 is 2.71 bits per heavy atom. The molecular weight excluding hydrogens is 212 g/mol. The molecule has 1 aliphatic rings. The maximum Gasteiger partial charge on any atom is 0.237 e. The molecule has 3 nitrogen and oxygen atoms in total. The summed E-state index contributed by atoms with van der Waals surface area (Å²) in [6.07, 6.45) is 7.06. The number of rotatable bonds is 5. The molecule has 0 aliphatic heterocycles. The molecule has 1 fully saturated rings. The van der Waals surface area contributed by atoms with Crippen LogP contribution in [0.1, 0.15) is 46.0 Å². The van der Waals surface area contributed by atoms with E-state index in [1.54, 1.807) is 6.08 Å². The van der Waals surface area contributed by atoms with Crippen molar-refractivity contribution in [2.45, 2.75) is 58.0 Å². The number of nitrogens with two attached hydrogens (primary N) is 1. The minimum atomic E-state index is -0.442. The average molecular weight is 238 g/mol. The highest BCUT2D eigenvalue weighted by Crippen LogP contribution is 2.30. The van der Waals surface area contributed by atoms with Gasteiger partial charge in [-0.25, -0.2) is 0 Å². The smallest absolute Gasteiger partial charge is 0.237 e. The van der Waals surface area contributed by atoms with Crippen LogP contribution >= 0.6 is 0 Å². The first-order chi connectivity index (χ1) is 8.06. The van der Waals surface area contributed by atoms with Gasteiger partial charge in [0.05, 0.1) is 6.04 Å². The van der Waals surface area contributed by atoms with Gasteiger partial charge in [-0.05, 0) is 31.1 Å². The van der Waals surface area contributed by atoms with Crippen molar-refractivity contribution in [3.05, 3.63) is 12.7 Å². The minimum absolute atomic E-state index is 0.0255. The molecular formula is C14H26N2O. The Balaban J connectivity index is 2.52. The molecule has 0 aromatic carbocycles. The molecule has 3 unspecified atom stereocenters. The van der Waals surface area contributed by atoms with Crippen LogP contribution in [-0.4, -0.2) is 18.0 Å². The zero-order valence-electron chi connectivity index (χ0n) is 11.1. The molecule has 17 heavy (non-hydrogen) atoms.